The molecule has 142 valence electrons. The second-order valence-corrected chi connectivity index (χ2v) is 6.59. The molecule has 1 heterocycles. The molecule has 0 aromatic heterocycles. The van der Waals surface area contributed by atoms with Gasteiger partial charge < -0.3 is 24.8 Å². The number of hydrogen-bond acceptors (Lipinski definition) is 5. The molecule has 0 spiro atoms. The highest BCUT2D eigenvalue weighted by atomic mass is 16.6. The number of aliphatic hydroxyl groups is 3. The van der Waals surface area contributed by atoms with Gasteiger partial charge in [0.15, 0.2) is 0 Å². The Morgan fingerprint density at radius 1 is 1.08 bits per heavy atom. The van der Waals surface area contributed by atoms with Crippen LogP contribution in [0.15, 0.2) is 12.2 Å². The summed E-state index contributed by atoms with van der Waals surface area (Å²) in [7, 11) is 0. The smallest absolute Gasteiger partial charge is 0.114 e. The lowest BCUT2D eigenvalue weighted by atomic mass is 10.1. The highest BCUT2D eigenvalue weighted by Gasteiger charge is 2.40. The minimum atomic E-state index is -1.00. The van der Waals surface area contributed by atoms with E-state index in [2.05, 4.69) is 19.1 Å². The third kappa shape index (κ3) is 8.58. The maximum absolute atomic E-state index is 9.83. The normalized spacial score (nSPS) is 25.6. The first-order valence-electron chi connectivity index (χ1n) is 9.55. The van der Waals surface area contributed by atoms with E-state index in [0.29, 0.717) is 6.61 Å². The van der Waals surface area contributed by atoms with Crippen molar-refractivity contribution in [2.75, 3.05) is 19.8 Å². The van der Waals surface area contributed by atoms with Gasteiger partial charge in [-0.2, -0.15) is 0 Å². The van der Waals surface area contributed by atoms with Gasteiger partial charge in [0.05, 0.1) is 13.2 Å². The van der Waals surface area contributed by atoms with Crippen LogP contribution in [-0.4, -0.2) is 59.6 Å². The molecule has 0 radical (unpaired) electrons. The minimum absolute atomic E-state index is 0.153. The summed E-state index contributed by atoms with van der Waals surface area (Å²) in [5, 5.41) is 28.5. The molecule has 0 saturated carbocycles. The first kappa shape index (κ1) is 21.6. The molecule has 1 aliphatic heterocycles. The first-order chi connectivity index (χ1) is 11.7. The molecule has 0 unspecified atom stereocenters. The highest BCUT2D eigenvalue weighted by molar-refractivity contribution is 4.89. The van der Waals surface area contributed by atoms with Crippen LogP contribution in [0.25, 0.3) is 0 Å². The fraction of sp³-hybridized carbons (Fsp3) is 0.895. The zero-order valence-corrected chi connectivity index (χ0v) is 15.1. The van der Waals surface area contributed by atoms with Crippen LogP contribution in [-0.2, 0) is 9.47 Å². The molecule has 4 atom stereocenters. The summed E-state index contributed by atoms with van der Waals surface area (Å²) < 4.78 is 11.0. The molecule has 5 heteroatoms. The fourth-order valence-electron chi connectivity index (χ4n) is 3.01. The van der Waals surface area contributed by atoms with E-state index in [1.54, 1.807) is 0 Å². The van der Waals surface area contributed by atoms with E-state index in [4.69, 9.17) is 14.6 Å². The number of aliphatic hydroxyl groups excluding tert-OH is 3. The Bertz CT molecular complexity index is 321. The van der Waals surface area contributed by atoms with Crippen LogP contribution in [0.2, 0.25) is 0 Å². The number of rotatable bonds is 14. The van der Waals surface area contributed by atoms with Crippen molar-refractivity contribution in [1.82, 2.24) is 0 Å². The van der Waals surface area contributed by atoms with Crippen molar-refractivity contribution >= 4 is 0 Å². The van der Waals surface area contributed by atoms with Crippen molar-refractivity contribution in [3.8, 4) is 0 Å². The Hall–Kier alpha value is -0.460. The average molecular weight is 344 g/mol. The number of ether oxygens (including phenoxy) is 2. The summed E-state index contributed by atoms with van der Waals surface area (Å²) in [6.07, 6.45) is 12.4. The number of allylic oxidation sites excluding steroid dienone is 2. The largest absolute Gasteiger partial charge is 0.394 e. The van der Waals surface area contributed by atoms with Crippen molar-refractivity contribution < 1.29 is 24.8 Å². The standard InChI is InChI=1S/C19H36O5/c1-2-3-4-5-6-7-8-9-10-11-12-13-23-19-17(22)15-24-18(19)16(21)14-20/h3-4,16-22H,2,5-15H2,1H3/b4-3+/t16-,17+,18-,19-/m0/s1. The van der Waals surface area contributed by atoms with E-state index in [9.17, 15) is 10.2 Å². The van der Waals surface area contributed by atoms with Crippen LogP contribution < -0.4 is 0 Å². The molecule has 1 fully saturated rings. The van der Waals surface area contributed by atoms with Gasteiger partial charge in [-0.05, 0) is 25.7 Å². The van der Waals surface area contributed by atoms with Gasteiger partial charge in [0, 0.05) is 6.61 Å². The van der Waals surface area contributed by atoms with Crippen molar-refractivity contribution in [3.05, 3.63) is 12.2 Å². The molecule has 0 aromatic carbocycles. The van der Waals surface area contributed by atoms with Crippen LogP contribution >= 0.6 is 0 Å². The SMILES string of the molecule is CC/C=C/CCCCCCCCCO[C@@H]1[C@H]([C@@H](O)CO)OC[C@H]1O. The lowest BCUT2D eigenvalue weighted by Gasteiger charge is -2.23. The lowest BCUT2D eigenvalue weighted by molar-refractivity contribution is -0.0938. The second-order valence-electron chi connectivity index (χ2n) is 6.59. The van der Waals surface area contributed by atoms with E-state index in [1.165, 1.54) is 38.5 Å². The summed E-state index contributed by atoms with van der Waals surface area (Å²) in [5.41, 5.74) is 0. The van der Waals surface area contributed by atoms with E-state index < -0.39 is 24.4 Å². The Kier molecular flexibility index (Phi) is 12.4. The summed E-state index contributed by atoms with van der Waals surface area (Å²) in [5.74, 6) is 0. The quantitative estimate of drug-likeness (QED) is 0.333. The van der Waals surface area contributed by atoms with Gasteiger partial charge in [0.25, 0.3) is 0 Å². The molecule has 1 saturated heterocycles. The molecule has 0 aliphatic carbocycles. The first-order valence-corrected chi connectivity index (χ1v) is 9.55. The third-order valence-electron chi connectivity index (χ3n) is 4.46. The number of unbranched alkanes of at least 4 members (excludes halogenated alkanes) is 7. The molecular weight excluding hydrogens is 308 g/mol. The zero-order valence-electron chi connectivity index (χ0n) is 15.1. The van der Waals surface area contributed by atoms with Gasteiger partial charge in [-0.3, -0.25) is 0 Å². The predicted octanol–water partition coefficient (Wildman–Crippen LogP) is 2.57. The Morgan fingerprint density at radius 3 is 2.42 bits per heavy atom. The summed E-state index contributed by atoms with van der Waals surface area (Å²) in [6.45, 7) is 2.49. The van der Waals surface area contributed by atoms with Crippen LogP contribution in [0.3, 0.4) is 0 Å². The van der Waals surface area contributed by atoms with Gasteiger partial charge in [-0.15, -0.1) is 0 Å². The molecule has 0 aromatic rings. The van der Waals surface area contributed by atoms with Gasteiger partial charge >= 0.3 is 0 Å². The van der Waals surface area contributed by atoms with Gasteiger partial charge in [-0.1, -0.05) is 51.2 Å². The van der Waals surface area contributed by atoms with Gasteiger partial charge in [0.2, 0.25) is 0 Å². The molecule has 1 aliphatic rings. The van der Waals surface area contributed by atoms with Crippen LogP contribution in [0.4, 0.5) is 0 Å². The van der Waals surface area contributed by atoms with Crippen LogP contribution in [0.1, 0.15) is 64.7 Å². The summed E-state index contributed by atoms with van der Waals surface area (Å²) in [6, 6.07) is 0. The highest BCUT2D eigenvalue weighted by Crippen LogP contribution is 2.21. The average Bonchev–Trinajstić information content (AvgIpc) is 2.96. The lowest BCUT2D eigenvalue weighted by Crippen LogP contribution is -2.42. The summed E-state index contributed by atoms with van der Waals surface area (Å²) >= 11 is 0. The third-order valence-corrected chi connectivity index (χ3v) is 4.46. The van der Waals surface area contributed by atoms with Crippen LogP contribution in [0.5, 0.6) is 0 Å². The van der Waals surface area contributed by atoms with Crippen molar-refractivity contribution in [2.24, 2.45) is 0 Å². The fourth-order valence-corrected chi connectivity index (χ4v) is 3.01. The predicted molar refractivity (Wildman–Crippen MR) is 94.9 cm³/mol. The zero-order chi connectivity index (χ0) is 17.6. The monoisotopic (exact) mass is 344 g/mol. The van der Waals surface area contributed by atoms with Crippen molar-refractivity contribution in [1.29, 1.82) is 0 Å². The topological polar surface area (TPSA) is 79.2 Å². The molecule has 1 rings (SSSR count). The van der Waals surface area contributed by atoms with E-state index in [-0.39, 0.29) is 13.2 Å². The number of hydrogen-bond donors (Lipinski definition) is 3. The molecular formula is C19H36O5. The minimum Gasteiger partial charge on any atom is -0.394 e. The molecule has 24 heavy (non-hydrogen) atoms. The van der Waals surface area contributed by atoms with Gasteiger partial charge in [0.1, 0.15) is 24.4 Å². The van der Waals surface area contributed by atoms with Crippen molar-refractivity contribution in [2.45, 2.75) is 89.1 Å². The van der Waals surface area contributed by atoms with E-state index in [1.807, 2.05) is 0 Å². The molecule has 0 bridgehead atoms. The maximum atomic E-state index is 9.83. The Labute approximate surface area is 146 Å². The van der Waals surface area contributed by atoms with Crippen molar-refractivity contribution in [3.63, 3.8) is 0 Å². The van der Waals surface area contributed by atoms with E-state index in [0.717, 1.165) is 19.3 Å². The van der Waals surface area contributed by atoms with Crippen LogP contribution in [0, 0.1) is 0 Å². The van der Waals surface area contributed by atoms with Gasteiger partial charge in [-0.25, -0.2) is 0 Å². The molecule has 0 amide bonds. The molecule has 5 nitrogen and oxygen atoms in total. The second kappa shape index (κ2) is 13.8. The maximum Gasteiger partial charge on any atom is 0.114 e. The Balaban J connectivity index is 1.97. The van der Waals surface area contributed by atoms with E-state index >= 15 is 0 Å². The summed E-state index contributed by atoms with van der Waals surface area (Å²) in [4.78, 5) is 0. The molecule has 3 N–H and O–H groups in total. The Morgan fingerprint density at radius 2 is 1.75 bits per heavy atom.